The van der Waals surface area contributed by atoms with Crippen molar-refractivity contribution in [3.05, 3.63) is 71.0 Å². The highest BCUT2D eigenvalue weighted by Gasteiger charge is 2.33. The van der Waals surface area contributed by atoms with Gasteiger partial charge in [-0.1, -0.05) is 6.07 Å². The van der Waals surface area contributed by atoms with E-state index in [1.807, 2.05) is 30.6 Å². The van der Waals surface area contributed by atoms with Crippen molar-refractivity contribution in [3.63, 3.8) is 0 Å². The molecule has 0 amide bonds. The molecule has 0 unspecified atom stereocenters. The van der Waals surface area contributed by atoms with E-state index in [0.717, 1.165) is 12.2 Å². The second-order valence-corrected chi connectivity index (χ2v) is 8.45. The number of rotatable bonds is 7. The SMILES string of the molecule is O=c1ccccn1-c1ccc(NC[C@@H]2C[C@@H](Nc3ncc(C4CC4)cn3)C[C@@H]2O)nc1. The molecule has 0 spiro atoms. The highest BCUT2D eigenvalue weighted by molar-refractivity contribution is 5.41. The van der Waals surface area contributed by atoms with Crippen LogP contribution in [-0.4, -0.2) is 43.3 Å². The molecule has 3 aromatic rings. The molecule has 2 saturated carbocycles. The number of pyridine rings is 2. The van der Waals surface area contributed by atoms with Crippen LogP contribution in [0.15, 0.2) is 59.9 Å². The Bertz CT molecular complexity index is 1080. The van der Waals surface area contributed by atoms with Crippen LogP contribution in [0.3, 0.4) is 0 Å². The summed E-state index contributed by atoms with van der Waals surface area (Å²) in [5, 5.41) is 17.1. The fraction of sp³-hybridized carbons (Fsp3) is 0.391. The van der Waals surface area contributed by atoms with Crippen molar-refractivity contribution in [1.29, 1.82) is 0 Å². The molecule has 0 aromatic carbocycles. The molecule has 0 aliphatic heterocycles. The molecule has 31 heavy (non-hydrogen) atoms. The smallest absolute Gasteiger partial charge is 0.255 e. The number of hydrogen-bond acceptors (Lipinski definition) is 7. The van der Waals surface area contributed by atoms with E-state index in [2.05, 4.69) is 25.6 Å². The fourth-order valence-electron chi connectivity index (χ4n) is 4.17. The van der Waals surface area contributed by atoms with Crippen molar-refractivity contribution in [2.24, 2.45) is 5.92 Å². The molecule has 8 nitrogen and oxygen atoms in total. The predicted octanol–water partition coefficient (Wildman–Crippen LogP) is 2.56. The first-order valence-electron chi connectivity index (χ1n) is 10.8. The lowest BCUT2D eigenvalue weighted by molar-refractivity contribution is 0.138. The Morgan fingerprint density at radius 2 is 1.87 bits per heavy atom. The van der Waals surface area contributed by atoms with Crippen LogP contribution in [0.4, 0.5) is 11.8 Å². The number of hydrogen-bond donors (Lipinski definition) is 3. The maximum Gasteiger partial charge on any atom is 0.255 e. The van der Waals surface area contributed by atoms with Crippen LogP contribution in [0.1, 0.15) is 37.2 Å². The summed E-state index contributed by atoms with van der Waals surface area (Å²) < 4.78 is 1.55. The third kappa shape index (κ3) is 4.59. The Labute approximate surface area is 180 Å². The maximum atomic E-state index is 11.9. The van der Waals surface area contributed by atoms with E-state index in [0.29, 0.717) is 30.5 Å². The van der Waals surface area contributed by atoms with Crippen molar-refractivity contribution in [1.82, 2.24) is 19.5 Å². The van der Waals surface area contributed by atoms with Crippen LogP contribution >= 0.6 is 0 Å². The van der Waals surface area contributed by atoms with Crippen molar-refractivity contribution < 1.29 is 5.11 Å². The van der Waals surface area contributed by atoms with Gasteiger partial charge in [0.05, 0.1) is 18.0 Å². The number of aliphatic hydroxyl groups is 1. The lowest BCUT2D eigenvalue weighted by Crippen LogP contribution is -2.22. The molecule has 0 saturated heterocycles. The molecule has 3 heterocycles. The zero-order valence-electron chi connectivity index (χ0n) is 17.2. The molecular formula is C23H26N6O2. The van der Waals surface area contributed by atoms with Crippen LogP contribution in [0.25, 0.3) is 5.69 Å². The summed E-state index contributed by atoms with van der Waals surface area (Å²) in [5.41, 5.74) is 1.84. The standard InChI is InChI=1S/C23H26N6O2/c30-20-10-18(28-23-26-12-17(13-27-23)15-4-5-15)9-16(20)11-24-21-7-6-19(14-25-21)29-8-2-1-3-22(29)31/h1-3,6-8,12-16,18,20,30H,4-5,9-11H2,(H,24,25)(H,26,27,28)/t16-,18+,20-/m0/s1. The maximum absolute atomic E-state index is 11.9. The second kappa shape index (κ2) is 8.47. The minimum atomic E-state index is -0.391. The first kappa shape index (κ1) is 19.7. The van der Waals surface area contributed by atoms with Crippen molar-refractivity contribution in [2.75, 3.05) is 17.2 Å². The Hall–Kier alpha value is -3.26. The first-order valence-corrected chi connectivity index (χ1v) is 10.8. The minimum absolute atomic E-state index is 0.0937. The van der Waals surface area contributed by atoms with Crippen molar-refractivity contribution in [3.8, 4) is 5.69 Å². The molecule has 2 aliphatic rings. The van der Waals surface area contributed by atoms with Gasteiger partial charge in [0.2, 0.25) is 5.95 Å². The molecule has 0 radical (unpaired) electrons. The average Bonchev–Trinajstić information content (AvgIpc) is 3.58. The van der Waals surface area contributed by atoms with E-state index < -0.39 is 6.10 Å². The van der Waals surface area contributed by atoms with Gasteiger partial charge in [-0.3, -0.25) is 9.36 Å². The highest BCUT2D eigenvalue weighted by atomic mass is 16.3. The van der Waals surface area contributed by atoms with Crippen LogP contribution in [0.5, 0.6) is 0 Å². The van der Waals surface area contributed by atoms with Gasteiger partial charge in [-0.15, -0.1) is 0 Å². The van der Waals surface area contributed by atoms with Crippen LogP contribution in [0, 0.1) is 5.92 Å². The summed E-state index contributed by atoms with van der Waals surface area (Å²) in [5.74, 6) is 2.11. The molecule has 0 bridgehead atoms. The molecule has 2 fully saturated rings. The van der Waals surface area contributed by atoms with Gasteiger partial charge in [-0.05, 0) is 55.4 Å². The summed E-state index contributed by atoms with van der Waals surface area (Å²) in [4.78, 5) is 25.2. The summed E-state index contributed by atoms with van der Waals surface area (Å²) in [6, 6.07) is 8.90. The molecule has 160 valence electrons. The quantitative estimate of drug-likeness (QED) is 0.542. The van der Waals surface area contributed by atoms with Crippen molar-refractivity contribution >= 4 is 11.8 Å². The monoisotopic (exact) mass is 418 g/mol. The molecule has 8 heteroatoms. The Morgan fingerprint density at radius 3 is 2.58 bits per heavy atom. The summed E-state index contributed by atoms with van der Waals surface area (Å²) in [7, 11) is 0. The summed E-state index contributed by atoms with van der Waals surface area (Å²) in [6.45, 7) is 0.623. The third-order valence-corrected chi connectivity index (χ3v) is 6.11. The molecule has 3 aromatic heterocycles. The zero-order valence-corrected chi connectivity index (χ0v) is 17.2. The van der Waals surface area contributed by atoms with Gasteiger partial charge < -0.3 is 15.7 Å². The number of aliphatic hydroxyl groups excluding tert-OH is 1. The van der Waals surface area contributed by atoms with E-state index >= 15 is 0 Å². The van der Waals surface area contributed by atoms with E-state index in [-0.39, 0.29) is 17.5 Å². The Balaban J connectivity index is 1.14. The van der Waals surface area contributed by atoms with Gasteiger partial charge in [0.15, 0.2) is 0 Å². The predicted molar refractivity (Wildman–Crippen MR) is 118 cm³/mol. The first-order chi connectivity index (χ1) is 15.2. The Kier molecular flexibility index (Phi) is 5.38. The van der Waals surface area contributed by atoms with Crippen LogP contribution < -0.4 is 16.2 Å². The van der Waals surface area contributed by atoms with Gasteiger partial charge in [0, 0.05) is 43.2 Å². The summed E-state index contributed by atoms with van der Waals surface area (Å²) in [6.07, 6.45) is 10.8. The topological polar surface area (TPSA) is 105 Å². The van der Waals surface area contributed by atoms with E-state index in [1.54, 1.807) is 23.0 Å². The zero-order chi connectivity index (χ0) is 21.2. The lowest BCUT2D eigenvalue weighted by Gasteiger charge is -2.16. The van der Waals surface area contributed by atoms with Gasteiger partial charge in [0.25, 0.3) is 5.56 Å². The van der Waals surface area contributed by atoms with Gasteiger partial charge in [0.1, 0.15) is 5.82 Å². The normalized spacial score (nSPS) is 22.9. The van der Waals surface area contributed by atoms with Gasteiger partial charge in [-0.25, -0.2) is 15.0 Å². The summed E-state index contributed by atoms with van der Waals surface area (Å²) >= 11 is 0. The van der Waals surface area contributed by atoms with Gasteiger partial charge >= 0.3 is 0 Å². The number of anilines is 2. The molecule has 5 rings (SSSR count). The average molecular weight is 419 g/mol. The van der Waals surface area contributed by atoms with Gasteiger partial charge in [-0.2, -0.15) is 0 Å². The molecule has 3 atom stereocenters. The molecule has 2 aliphatic carbocycles. The molecular weight excluding hydrogens is 392 g/mol. The highest BCUT2D eigenvalue weighted by Crippen LogP contribution is 2.39. The van der Waals surface area contributed by atoms with E-state index in [1.165, 1.54) is 24.5 Å². The fourth-order valence-corrected chi connectivity index (χ4v) is 4.17. The second-order valence-electron chi connectivity index (χ2n) is 8.45. The number of aromatic nitrogens is 4. The number of nitrogens with zero attached hydrogens (tertiary/aromatic N) is 4. The number of nitrogens with one attached hydrogen (secondary N) is 2. The minimum Gasteiger partial charge on any atom is -0.393 e. The van der Waals surface area contributed by atoms with Crippen molar-refractivity contribution in [2.45, 2.75) is 43.7 Å². The van der Waals surface area contributed by atoms with E-state index in [9.17, 15) is 9.90 Å². The molecule has 3 N–H and O–H groups in total. The Morgan fingerprint density at radius 1 is 1.03 bits per heavy atom. The largest absolute Gasteiger partial charge is 0.393 e. The van der Waals surface area contributed by atoms with E-state index in [4.69, 9.17) is 0 Å². The van der Waals surface area contributed by atoms with Crippen LogP contribution in [0.2, 0.25) is 0 Å². The lowest BCUT2D eigenvalue weighted by atomic mass is 10.1. The van der Waals surface area contributed by atoms with Crippen LogP contribution in [-0.2, 0) is 0 Å². The third-order valence-electron chi connectivity index (χ3n) is 6.11.